The summed E-state index contributed by atoms with van der Waals surface area (Å²) in [5, 5.41) is 3.28. The zero-order chi connectivity index (χ0) is 8.23. The largest absolute Gasteiger partial charge is 0.316 e. The number of halogens is 1. The fourth-order valence-corrected chi connectivity index (χ4v) is 2.21. The Hall–Kier alpha value is -0.180. The van der Waals surface area contributed by atoms with Crippen LogP contribution in [-0.4, -0.2) is 18.8 Å². The molecule has 1 N–H and O–H groups in total. The second kappa shape index (κ2) is 5.53. The third-order valence-electron chi connectivity index (χ3n) is 2.09. The van der Waals surface area contributed by atoms with Crippen molar-refractivity contribution in [3.05, 3.63) is 30.3 Å². The lowest BCUT2D eigenvalue weighted by Gasteiger charge is -2.26. The van der Waals surface area contributed by atoms with Gasteiger partial charge in [-0.05, 0) is 31.1 Å². The van der Waals surface area contributed by atoms with E-state index in [1.807, 2.05) is 11.8 Å². The van der Waals surface area contributed by atoms with Crippen LogP contribution in [0.3, 0.4) is 0 Å². The van der Waals surface area contributed by atoms with Gasteiger partial charge in [-0.25, -0.2) is 0 Å². The van der Waals surface area contributed by atoms with Gasteiger partial charge in [0.15, 0.2) is 0 Å². The molecule has 3 heteroatoms. The van der Waals surface area contributed by atoms with Gasteiger partial charge in [0, 0.05) is 10.6 Å². The van der Waals surface area contributed by atoms with Crippen molar-refractivity contribution in [3.8, 4) is 0 Å². The first-order valence-corrected chi connectivity index (χ1v) is 5.32. The molecular weight excluding hydrogens is 202 g/mol. The van der Waals surface area contributed by atoms with Crippen molar-refractivity contribution in [1.29, 1.82) is 0 Å². The van der Waals surface area contributed by atoms with E-state index in [1.165, 1.54) is 23.7 Å². The minimum atomic E-state index is 0. The van der Waals surface area contributed by atoms with Crippen LogP contribution < -0.4 is 5.32 Å². The molecular formula is C10H14ClNS. The van der Waals surface area contributed by atoms with Crippen molar-refractivity contribution < 1.29 is 0 Å². The lowest BCUT2D eigenvalue weighted by Crippen LogP contribution is -2.43. The van der Waals surface area contributed by atoms with Gasteiger partial charge in [-0.2, -0.15) is 0 Å². The van der Waals surface area contributed by atoms with E-state index in [1.54, 1.807) is 0 Å². The van der Waals surface area contributed by atoms with Crippen LogP contribution in [0.2, 0.25) is 0 Å². The molecule has 1 heterocycles. The topological polar surface area (TPSA) is 12.0 Å². The number of thioether (sulfide) groups is 1. The maximum atomic E-state index is 3.28. The summed E-state index contributed by atoms with van der Waals surface area (Å²) >= 11 is 1.96. The average Bonchev–Trinajstić information content (AvgIpc) is 2.04. The Labute approximate surface area is 89.7 Å². The van der Waals surface area contributed by atoms with E-state index in [0.717, 1.165) is 5.92 Å². The van der Waals surface area contributed by atoms with E-state index in [4.69, 9.17) is 0 Å². The van der Waals surface area contributed by atoms with Crippen molar-refractivity contribution in [2.45, 2.75) is 4.90 Å². The van der Waals surface area contributed by atoms with Crippen LogP contribution in [0, 0.1) is 5.92 Å². The highest BCUT2D eigenvalue weighted by molar-refractivity contribution is 7.99. The molecule has 1 aliphatic heterocycles. The molecule has 1 aliphatic rings. The minimum absolute atomic E-state index is 0. The van der Waals surface area contributed by atoms with Gasteiger partial charge in [-0.15, -0.1) is 24.2 Å². The summed E-state index contributed by atoms with van der Waals surface area (Å²) in [5.41, 5.74) is 0. The molecule has 1 fully saturated rings. The average molecular weight is 216 g/mol. The van der Waals surface area contributed by atoms with E-state index < -0.39 is 0 Å². The van der Waals surface area contributed by atoms with Crippen molar-refractivity contribution in [3.63, 3.8) is 0 Å². The number of nitrogens with one attached hydrogen (secondary N) is 1. The monoisotopic (exact) mass is 215 g/mol. The van der Waals surface area contributed by atoms with Gasteiger partial charge >= 0.3 is 0 Å². The van der Waals surface area contributed by atoms with Gasteiger partial charge in [-0.3, -0.25) is 0 Å². The summed E-state index contributed by atoms with van der Waals surface area (Å²) < 4.78 is 0. The first-order valence-electron chi connectivity index (χ1n) is 4.34. The molecule has 0 amide bonds. The van der Waals surface area contributed by atoms with Gasteiger partial charge in [0.25, 0.3) is 0 Å². The predicted octanol–water partition coefficient (Wildman–Crippen LogP) is 2.42. The molecule has 2 rings (SSSR count). The van der Waals surface area contributed by atoms with E-state index in [9.17, 15) is 0 Å². The zero-order valence-electron chi connectivity index (χ0n) is 7.40. The second-order valence-electron chi connectivity index (χ2n) is 3.15. The molecule has 0 radical (unpaired) electrons. The second-order valence-corrected chi connectivity index (χ2v) is 4.24. The molecule has 0 aliphatic carbocycles. The van der Waals surface area contributed by atoms with Crippen LogP contribution in [0.4, 0.5) is 0 Å². The summed E-state index contributed by atoms with van der Waals surface area (Å²) in [4.78, 5) is 1.39. The Bertz CT molecular complexity index is 236. The molecule has 0 atom stereocenters. The molecule has 1 aromatic carbocycles. The van der Waals surface area contributed by atoms with Crippen LogP contribution in [0.25, 0.3) is 0 Å². The Morgan fingerprint density at radius 1 is 1.23 bits per heavy atom. The van der Waals surface area contributed by atoms with Gasteiger partial charge in [-0.1, -0.05) is 18.2 Å². The molecule has 72 valence electrons. The fourth-order valence-electron chi connectivity index (χ4n) is 1.20. The molecule has 1 saturated heterocycles. The Kier molecular flexibility index (Phi) is 4.64. The summed E-state index contributed by atoms with van der Waals surface area (Å²) in [6, 6.07) is 10.6. The number of rotatable bonds is 3. The number of hydrogen-bond acceptors (Lipinski definition) is 2. The molecule has 0 aromatic heterocycles. The molecule has 0 bridgehead atoms. The van der Waals surface area contributed by atoms with Crippen molar-refractivity contribution in [2.75, 3.05) is 18.8 Å². The van der Waals surface area contributed by atoms with Crippen LogP contribution >= 0.6 is 24.2 Å². The Morgan fingerprint density at radius 3 is 2.46 bits per heavy atom. The number of hydrogen-bond donors (Lipinski definition) is 1. The maximum Gasteiger partial charge on any atom is 0.00720 e. The first kappa shape index (κ1) is 10.9. The third-order valence-corrected chi connectivity index (χ3v) is 3.34. The summed E-state index contributed by atoms with van der Waals surface area (Å²) in [7, 11) is 0. The van der Waals surface area contributed by atoms with E-state index in [0.29, 0.717) is 0 Å². The normalized spacial score (nSPS) is 16.0. The standard InChI is InChI=1S/C10H13NS.ClH/c1-2-4-10(5-3-1)12-8-9-6-11-7-9;/h1-5,9,11H,6-8H2;1H. The van der Waals surface area contributed by atoms with Gasteiger partial charge in [0.1, 0.15) is 0 Å². The molecule has 0 spiro atoms. The molecule has 0 unspecified atom stereocenters. The highest BCUT2D eigenvalue weighted by Gasteiger charge is 2.15. The maximum absolute atomic E-state index is 3.28. The van der Waals surface area contributed by atoms with Gasteiger partial charge in [0.05, 0.1) is 0 Å². The van der Waals surface area contributed by atoms with Crippen LogP contribution in [0.1, 0.15) is 0 Å². The van der Waals surface area contributed by atoms with Gasteiger partial charge < -0.3 is 5.32 Å². The Morgan fingerprint density at radius 2 is 1.92 bits per heavy atom. The lowest BCUT2D eigenvalue weighted by molar-refractivity contribution is 0.385. The fraction of sp³-hybridized carbons (Fsp3) is 0.400. The summed E-state index contributed by atoms with van der Waals surface area (Å²) in [6.07, 6.45) is 0. The van der Waals surface area contributed by atoms with Crippen LogP contribution in [0.15, 0.2) is 35.2 Å². The highest BCUT2D eigenvalue weighted by atomic mass is 35.5. The summed E-state index contributed by atoms with van der Waals surface area (Å²) in [5.74, 6) is 2.16. The van der Waals surface area contributed by atoms with Crippen LogP contribution in [-0.2, 0) is 0 Å². The molecule has 1 aromatic rings. The Balaban J connectivity index is 0.000000845. The predicted molar refractivity (Wildman–Crippen MR) is 60.8 cm³/mol. The van der Waals surface area contributed by atoms with Crippen molar-refractivity contribution >= 4 is 24.2 Å². The van der Waals surface area contributed by atoms with Gasteiger partial charge in [0.2, 0.25) is 0 Å². The van der Waals surface area contributed by atoms with Crippen molar-refractivity contribution in [1.82, 2.24) is 5.32 Å². The molecule has 13 heavy (non-hydrogen) atoms. The van der Waals surface area contributed by atoms with E-state index >= 15 is 0 Å². The first-order chi connectivity index (χ1) is 5.95. The zero-order valence-corrected chi connectivity index (χ0v) is 9.03. The molecule has 0 saturated carbocycles. The number of benzene rings is 1. The third kappa shape index (κ3) is 3.22. The quantitative estimate of drug-likeness (QED) is 0.778. The SMILES string of the molecule is Cl.c1ccc(SCC2CNC2)cc1. The lowest BCUT2D eigenvalue weighted by atomic mass is 10.1. The smallest absolute Gasteiger partial charge is 0.00720 e. The van der Waals surface area contributed by atoms with E-state index in [2.05, 4.69) is 35.6 Å². The van der Waals surface area contributed by atoms with Crippen molar-refractivity contribution in [2.24, 2.45) is 5.92 Å². The summed E-state index contributed by atoms with van der Waals surface area (Å²) in [6.45, 7) is 2.42. The molecule has 1 nitrogen and oxygen atoms in total. The van der Waals surface area contributed by atoms with E-state index in [-0.39, 0.29) is 12.4 Å². The minimum Gasteiger partial charge on any atom is -0.316 e. The highest BCUT2D eigenvalue weighted by Crippen LogP contribution is 2.21. The van der Waals surface area contributed by atoms with Crippen LogP contribution in [0.5, 0.6) is 0 Å².